The number of hydrogen-bond donors (Lipinski definition) is 2. The largest absolute Gasteiger partial charge is 0.491 e. The van der Waals surface area contributed by atoms with Crippen LogP contribution >= 0.6 is 0 Å². The highest BCUT2D eigenvalue weighted by Crippen LogP contribution is 2.26. The zero-order valence-corrected chi connectivity index (χ0v) is 12.6. The summed E-state index contributed by atoms with van der Waals surface area (Å²) >= 11 is 0. The lowest BCUT2D eigenvalue weighted by molar-refractivity contribution is 0.288. The van der Waals surface area contributed by atoms with Gasteiger partial charge < -0.3 is 15.4 Å². The van der Waals surface area contributed by atoms with Crippen molar-refractivity contribution in [3.8, 4) is 5.75 Å². The number of rotatable bonds is 4. The van der Waals surface area contributed by atoms with E-state index in [1.54, 1.807) is 6.20 Å². The molecule has 118 valence electrons. The van der Waals surface area contributed by atoms with Crippen LogP contribution in [0.2, 0.25) is 0 Å². The fourth-order valence-corrected chi connectivity index (χ4v) is 2.95. The van der Waals surface area contributed by atoms with E-state index in [1.807, 2.05) is 30.3 Å². The SMILES string of the molecule is Nc1nc(N2CCC[C@H]2COc2ccccc2)nc2[nH]ncc12. The summed E-state index contributed by atoms with van der Waals surface area (Å²) < 4.78 is 5.90. The summed E-state index contributed by atoms with van der Waals surface area (Å²) in [7, 11) is 0. The highest BCUT2D eigenvalue weighted by atomic mass is 16.5. The summed E-state index contributed by atoms with van der Waals surface area (Å²) in [5, 5.41) is 7.59. The third-order valence-corrected chi connectivity index (χ3v) is 4.15. The fraction of sp³-hybridized carbons (Fsp3) is 0.312. The van der Waals surface area contributed by atoms with Crippen molar-refractivity contribution in [3.63, 3.8) is 0 Å². The summed E-state index contributed by atoms with van der Waals surface area (Å²) in [4.78, 5) is 11.1. The number of nitrogens with one attached hydrogen (secondary N) is 1. The number of nitrogens with two attached hydrogens (primary N) is 1. The Balaban J connectivity index is 1.54. The van der Waals surface area contributed by atoms with Crippen molar-refractivity contribution in [2.75, 3.05) is 23.8 Å². The van der Waals surface area contributed by atoms with Crippen LogP contribution in [0.4, 0.5) is 11.8 Å². The summed E-state index contributed by atoms with van der Waals surface area (Å²) in [5.41, 5.74) is 6.68. The molecule has 2 aromatic heterocycles. The van der Waals surface area contributed by atoms with Crippen molar-refractivity contribution in [1.29, 1.82) is 0 Å². The second-order valence-electron chi connectivity index (χ2n) is 5.65. The molecule has 1 aliphatic rings. The molecule has 0 amide bonds. The molecule has 0 radical (unpaired) electrons. The Hall–Kier alpha value is -2.83. The molecule has 0 aliphatic carbocycles. The van der Waals surface area contributed by atoms with Crippen molar-refractivity contribution >= 4 is 22.8 Å². The standard InChI is InChI=1S/C16H18N6O/c17-14-13-9-18-21-15(13)20-16(19-14)22-8-4-5-11(22)10-23-12-6-2-1-3-7-12/h1-3,6-7,9,11H,4-5,8,10H2,(H3,17,18,19,20,21)/t11-/m0/s1. The summed E-state index contributed by atoms with van der Waals surface area (Å²) in [6.07, 6.45) is 3.79. The molecule has 3 aromatic rings. The molecule has 1 atom stereocenters. The Bertz CT molecular complexity index is 803. The number of nitrogen functional groups attached to an aromatic ring is 1. The van der Waals surface area contributed by atoms with Crippen molar-refractivity contribution in [2.24, 2.45) is 0 Å². The van der Waals surface area contributed by atoms with Gasteiger partial charge in [-0.2, -0.15) is 15.1 Å². The van der Waals surface area contributed by atoms with Crippen LogP contribution < -0.4 is 15.4 Å². The van der Waals surface area contributed by atoms with Gasteiger partial charge in [-0.15, -0.1) is 0 Å². The van der Waals surface area contributed by atoms with Crippen molar-refractivity contribution in [2.45, 2.75) is 18.9 Å². The van der Waals surface area contributed by atoms with E-state index in [2.05, 4.69) is 25.1 Å². The Kier molecular flexibility index (Phi) is 3.45. The number of aromatic amines is 1. The number of anilines is 2. The summed E-state index contributed by atoms with van der Waals surface area (Å²) in [5.74, 6) is 1.97. The predicted molar refractivity (Wildman–Crippen MR) is 88.4 cm³/mol. The molecule has 7 nitrogen and oxygen atoms in total. The molecule has 3 N–H and O–H groups in total. The minimum absolute atomic E-state index is 0.245. The molecule has 4 rings (SSSR count). The average Bonchev–Trinajstić information content (AvgIpc) is 3.23. The molecule has 1 fully saturated rings. The van der Waals surface area contributed by atoms with Crippen LogP contribution in [0.3, 0.4) is 0 Å². The lowest BCUT2D eigenvalue weighted by Gasteiger charge is -2.24. The van der Waals surface area contributed by atoms with Crippen LogP contribution in [-0.4, -0.2) is 39.4 Å². The number of H-pyrrole nitrogens is 1. The minimum atomic E-state index is 0.245. The van der Waals surface area contributed by atoms with Gasteiger partial charge in [-0.05, 0) is 25.0 Å². The summed E-state index contributed by atoms with van der Waals surface area (Å²) in [6.45, 7) is 1.51. The van der Waals surface area contributed by atoms with E-state index in [0.29, 0.717) is 24.0 Å². The summed E-state index contributed by atoms with van der Waals surface area (Å²) in [6, 6.07) is 10.1. The highest BCUT2D eigenvalue weighted by Gasteiger charge is 2.28. The number of para-hydroxylation sites is 1. The van der Waals surface area contributed by atoms with Gasteiger partial charge in [0, 0.05) is 6.54 Å². The quantitative estimate of drug-likeness (QED) is 0.765. The number of benzene rings is 1. The number of ether oxygens (including phenoxy) is 1. The van der Waals surface area contributed by atoms with Crippen LogP contribution in [0, 0.1) is 0 Å². The maximum absolute atomic E-state index is 6.01. The second kappa shape index (κ2) is 5.75. The van der Waals surface area contributed by atoms with Crippen LogP contribution in [-0.2, 0) is 0 Å². The Morgan fingerprint density at radius 2 is 2.13 bits per heavy atom. The first kappa shape index (κ1) is 13.8. The first-order valence-electron chi connectivity index (χ1n) is 7.72. The molecule has 0 saturated carbocycles. The number of fused-ring (bicyclic) bond motifs is 1. The Labute approximate surface area is 133 Å². The molecule has 7 heteroatoms. The van der Waals surface area contributed by atoms with Gasteiger partial charge in [0.05, 0.1) is 17.6 Å². The van der Waals surface area contributed by atoms with E-state index in [4.69, 9.17) is 10.5 Å². The van der Waals surface area contributed by atoms with Gasteiger partial charge in [0.25, 0.3) is 0 Å². The molecule has 0 spiro atoms. The van der Waals surface area contributed by atoms with Gasteiger partial charge in [-0.3, -0.25) is 5.10 Å². The molecular formula is C16H18N6O. The van der Waals surface area contributed by atoms with E-state index in [1.165, 1.54) is 0 Å². The van der Waals surface area contributed by atoms with E-state index < -0.39 is 0 Å². The maximum Gasteiger partial charge on any atom is 0.229 e. The number of aromatic nitrogens is 4. The normalized spacial score (nSPS) is 17.7. The van der Waals surface area contributed by atoms with Crippen LogP contribution in [0.25, 0.3) is 11.0 Å². The smallest absolute Gasteiger partial charge is 0.229 e. The predicted octanol–water partition coefficient (Wildman–Crippen LogP) is 1.98. The highest BCUT2D eigenvalue weighted by molar-refractivity contribution is 5.85. The topological polar surface area (TPSA) is 93.0 Å². The molecule has 3 heterocycles. The van der Waals surface area contributed by atoms with Gasteiger partial charge >= 0.3 is 0 Å². The third kappa shape index (κ3) is 2.65. The lowest BCUT2D eigenvalue weighted by atomic mass is 10.2. The van der Waals surface area contributed by atoms with Gasteiger partial charge in [0.15, 0.2) is 5.65 Å². The van der Waals surface area contributed by atoms with Gasteiger partial charge in [-0.25, -0.2) is 0 Å². The monoisotopic (exact) mass is 310 g/mol. The molecular weight excluding hydrogens is 292 g/mol. The van der Waals surface area contributed by atoms with Gasteiger partial charge in [0.1, 0.15) is 18.2 Å². The van der Waals surface area contributed by atoms with Crippen molar-refractivity contribution < 1.29 is 4.74 Å². The number of hydrogen-bond acceptors (Lipinski definition) is 6. The van der Waals surface area contributed by atoms with E-state index in [9.17, 15) is 0 Å². The van der Waals surface area contributed by atoms with Crippen LogP contribution in [0.1, 0.15) is 12.8 Å². The first-order chi connectivity index (χ1) is 11.3. The first-order valence-corrected chi connectivity index (χ1v) is 7.72. The van der Waals surface area contributed by atoms with Crippen molar-refractivity contribution in [3.05, 3.63) is 36.5 Å². The van der Waals surface area contributed by atoms with Crippen molar-refractivity contribution in [1.82, 2.24) is 20.2 Å². The van der Waals surface area contributed by atoms with Gasteiger partial charge in [0.2, 0.25) is 5.95 Å². The average molecular weight is 310 g/mol. The molecule has 1 aromatic carbocycles. The van der Waals surface area contributed by atoms with Gasteiger partial charge in [-0.1, -0.05) is 18.2 Å². The van der Waals surface area contributed by atoms with Crippen LogP contribution in [0.5, 0.6) is 5.75 Å². The maximum atomic E-state index is 6.01. The van der Waals surface area contributed by atoms with E-state index >= 15 is 0 Å². The Morgan fingerprint density at radius 1 is 1.26 bits per heavy atom. The van der Waals surface area contributed by atoms with Crippen LogP contribution in [0.15, 0.2) is 36.5 Å². The molecule has 0 unspecified atom stereocenters. The molecule has 23 heavy (non-hydrogen) atoms. The minimum Gasteiger partial charge on any atom is -0.491 e. The molecule has 0 bridgehead atoms. The lowest BCUT2D eigenvalue weighted by Crippen LogP contribution is -2.35. The Morgan fingerprint density at radius 3 is 3.00 bits per heavy atom. The third-order valence-electron chi connectivity index (χ3n) is 4.15. The zero-order chi connectivity index (χ0) is 15.6. The molecule has 1 saturated heterocycles. The number of nitrogens with zero attached hydrogens (tertiary/aromatic N) is 4. The van der Waals surface area contributed by atoms with E-state index in [-0.39, 0.29) is 6.04 Å². The van der Waals surface area contributed by atoms with E-state index in [0.717, 1.165) is 30.5 Å². The molecule has 1 aliphatic heterocycles. The fourth-order valence-electron chi connectivity index (χ4n) is 2.95. The zero-order valence-electron chi connectivity index (χ0n) is 12.6. The second-order valence-corrected chi connectivity index (χ2v) is 5.65.